The topological polar surface area (TPSA) is 0 Å². The predicted molar refractivity (Wildman–Crippen MR) is 75.2 cm³/mol. The maximum absolute atomic E-state index is 3.33. The van der Waals surface area contributed by atoms with Crippen LogP contribution in [0.25, 0.3) is 0 Å². The monoisotopic (exact) mass is 240 g/mol. The Morgan fingerprint density at radius 3 is 3.11 bits per heavy atom. The van der Waals surface area contributed by atoms with Gasteiger partial charge in [-0.2, -0.15) is 0 Å². The van der Waals surface area contributed by atoms with Crippen molar-refractivity contribution in [1.29, 1.82) is 0 Å². The van der Waals surface area contributed by atoms with Crippen molar-refractivity contribution in [1.82, 2.24) is 0 Å². The molecule has 0 aromatic heterocycles. The molecule has 4 rings (SSSR count). The van der Waals surface area contributed by atoms with Crippen molar-refractivity contribution >= 4 is 0 Å². The number of fused-ring (bicyclic) bond motifs is 4. The minimum atomic E-state index is 0.708. The van der Waals surface area contributed by atoms with E-state index in [2.05, 4.69) is 24.8 Å². The van der Waals surface area contributed by atoms with Gasteiger partial charge in [-0.15, -0.1) is 5.73 Å². The summed E-state index contributed by atoms with van der Waals surface area (Å²) in [5.74, 6) is 2.99. The van der Waals surface area contributed by atoms with Crippen molar-refractivity contribution in [2.45, 2.75) is 58.3 Å². The second-order valence-electron chi connectivity index (χ2n) is 7.27. The van der Waals surface area contributed by atoms with E-state index < -0.39 is 0 Å². The normalized spacial score (nSPS) is 45.7. The number of hydrogen-bond donors (Lipinski definition) is 0. The van der Waals surface area contributed by atoms with Crippen LogP contribution in [0.2, 0.25) is 0 Å². The van der Waals surface area contributed by atoms with Crippen LogP contribution in [0.3, 0.4) is 0 Å². The van der Waals surface area contributed by atoms with Gasteiger partial charge in [0.2, 0.25) is 0 Å². The van der Waals surface area contributed by atoms with Gasteiger partial charge in [0.15, 0.2) is 0 Å². The molecule has 2 fully saturated rings. The van der Waals surface area contributed by atoms with Crippen molar-refractivity contribution in [2.24, 2.45) is 23.2 Å². The van der Waals surface area contributed by atoms with Crippen LogP contribution in [0.1, 0.15) is 58.3 Å². The molecule has 0 amide bonds. The largest absolute Gasteiger partial charge is 0.125 e. The van der Waals surface area contributed by atoms with E-state index in [0.29, 0.717) is 5.41 Å². The van der Waals surface area contributed by atoms with E-state index in [1.165, 1.54) is 51.4 Å². The Kier molecular flexibility index (Phi) is 2.39. The molecule has 4 atom stereocenters. The van der Waals surface area contributed by atoms with Gasteiger partial charge in [-0.1, -0.05) is 18.9 Å². The summed E-state index contributed by atoms with van der Waals surface area (Å²) in [4.78, 5) is 0. The second kappa shape index (κ2) is 3.87. The smallest absolute Gasteiger partial charge is 0.00536 e. The lowest BCUT2D eigenvalue weighted by Crippen LogP contribution is -2.40. The molecule has 0 radical (unpaired) electrons. The number of rotatable bonds is 0. The van der Waals surface area contributed by atoms with E-state index in [0.717, 1.165) is 17.8 Å². The average molecular weight is 240 g/mol. The number of hydrogen-bond acceptors (Lipinski definition) is 0. The summed E-state index contributed by atoms with van der Waals surface area (Å²) in [6.07, 6.45) is 16.0. The second-order valence-corrected chi connectivity index (χ2v) is 7.27. The lowest BCUT2D eigenvalue weighted by molar-refractivity contribution is 0.0436. The molecule has 0 nitrogen and oxygen atoms in total. The molecule has 0 heterocycles. The molecule has 2 saturated carbocycles. The molecule has 0 aliphatic heterocycles. The van der Waals surface area contributed by atoms with Crippen LogP contribution in [0.4, 0.5) is 0 Å². The van der Waals surface area contributed by atoms with Crippen LogP contribution in [0.15, 0.2) is 29.0 Å². The van der Waals surface area contributed by atoms with Gasteiger partial charge in [-0.25, -0.2) is 0 Å². The highest BCUT2D eigenvalue weighted by Gasteiger charge is 2.50. The Morgan fingerprint density at radius 1 is 1.22 bits per heavy atom. The van der Waals surface area contributed by atoms with Crippen LogP contribution in [-0.4, -0.2) is 0 Å². The minimum absolute atomic E-state index is 0.708. The first-order valence-electron chi connectivity index (χ1n) is 7.91. The van der Waals surface area contributed by atoms with E-state index >= 15 is 0 Å². The van der Waals surface area contributed by atoms with Crippen LogP contribution in [-0.2, 0) is 0 Å². The Bertz CT molecular complexity index is 460. The number of allylic oxidation sites excluding steroid dienone is 3. The van der Waals surface area contributed by atoms with E-state index in [4.69, 9.17) is 0 Å². The van der Waals surface area contributed by atoms with Crippen LogP contribution >= 0.6 is 0 Å². The zero-order chi connectivity index (χ0) is 12.2. The van der Waals surface area contributed by atoms with Gasteiger partial charge in [-0.05, 0) is 85.8 Å². The van der Waals surface area contributed by atoms with Crippen LogP contribution in [0, 0.1) is 23.2 Å². The van der Waals surface area contributed by atoms with Gasteiger partial charge in [0.25, 0.3) is 0 Å². The molecule has 0 spiro atoms. The molecule has 0 bridgehead atoms. The lowest BCUT2D eigenvalue weighted by atomic mass is 9.55. The summed E-state index contributed by atoms with van der Waals surface area (Å²) in [5.41, 5.74) is 7.49. The molecule has 4 aliphatic carbocycles. The zero-order valence-electron chi connectivity index (χ0n) is 11.5. The van der Waals surface area contributed by atoms with Gasteiger partial charge in [-0.3, -0.25) is 0 Å². The van der Waals surface area contributed by atoms with Crippen molar-refractivity contribution in [2.75, 3.05) is 0 Å². The Hall–Kier alpha value is -0.740. The maximum atomic E-state index is 3.33. The van der Waals surface area contributed by atoms with Gasteiger partial charge >= 0.3 is 0 Å². The van der Waals surface area contributed by atoms with Crippen LogP contribution < -0.4 is 0 Å². The van der Waals surface area contributed by atoms with Crippen molar-refractivity contribution in [3.63, 3.8) is 0 Å². The molecule has 0 heteroatoms. The molecule has 0 aromatic carbocycles. The molecule has 96 valence electrons. The average Bonchev–Trinajstić information content (AvgIpc) is 2.80. The third kappa shape index (κ3) is 1.45. The molecule has 0 unspecified atom stereocenters. The quantitative estimate of drug-likeness (QED) is 0.521. The highest BCUT2D eigenvalue weighted by molar-refractivity contribution is 5.35. The van der Waals surface area contributed by atoms with E-state index in [9.17, 15) is 0 Å². The Labute approximate surface area is 111 Å². The fourth-order valence-electron chi connectivity index (χ4n) is 5.61. The summed E-state index contributed by atoms with van der Waals surface area (Å²) in [6.45, 7) is 2.59. The standard InChI is InChI=1S/C18H24/c1-18-11-4-7-17(18)16-9-8-13-5-2-3-6-14(13)15(16)10-12-18/h3,5,15-17H,4,6-12H2,1H3/t15-,16-,17+,18+/m1/s1. The Balaban J connectivity index is 1.69. The van der Waals surface area contributed by atoms with Crippen molar-refractivity contribution < 1.29 is 0 Å². The van der Waals surface area contributed by atoms with Crippen LogP contribution in [0.5, 0.6) is 0 Å². The first-order valence-corrected chi connectivity index (χ1v) is 7.91. The summed E-state index contributed by atoms with van der Waals surface area (Å²) >= 11 is 0. The molecular weight excluding hydrogens is 216 g/mol. The molecule has 0 aromatic rings. The summed E-state index contributed by atoms with van der Waals surface area (Å²) in [5, 5.41) is 0. The SMILES string of the molecule is C[C@@]12CCC[C@H]1[C@@H]1CCC3=C(CC=C=C3)[C@H]1CC2. The highest BCUT2D eigenvalue weighted by Crippen LogP contribution is 2.60. The third-order valence-corrected chi connectivity index (χ3v) is 6.52. The fraction of sp³-hybridized carbons (Fsp3) is 0.722. The van der Waals surface area contributed by atoms with E-state index in [-0.39, 0.29) is 0 Å². The van der Waals surface area contributed by atoms with Gasteiger partial charge < -0.3 is 0 Å². The summed E-state index contributed by atoms with van der Waals surface area (Å²) in [7, 11) is 0. The molecule has 0 saturated heterocycles. The predicted octanol–water partition coefficient (Wildman–Crippen LogP) is 5.02. The maximum Gasteiger partial charge on any atom is -0.00536 e. The minimum Gasteiger partial charge on any atom is -0.125 e. The van der Waals surface area contributed by atoms with E-state index in [1.807, 2.05) is 0 Å². The van der Waals surface area contributed by atoms with Crippen molar-refractivity contribution in [3.8, 4) is 0 Å². The third-order valence-electron chi connectivity index (χ3n) is 6.52. The summed E-state index contributed by atoms with van der Waals surface area (Å²) in [6, 6.07) is 0. The molecular formula is C18H24. The molecule has 4 aliphatic rings. The highest BCUT2D eigenvalue weighted by atomic mass is 14.5. The van der Waals surface area contributed by atoms with E-state index in [1.54, 1.807) is 11.1 Å². The van der Waals surface area contributed by atoms with Gasteiger partial charge in [0.05, 0.1) is 0 Å². The van der Waals surface area contributed by atoms with Gasteiger partial charge in [0, 0.05) is 0 Å². The van der Waals surface area contributed by atoms with Crippen molar-refractivity contribution in [3.05, 3.63) is 29.0 Å². The first-order chi connectivity index (χ1) is 8.78. The molecule has 0 N–H and O–H groups in total. The zero-order valence-corrected chi connectivity index (χ0v) is 11.5. The molecule has 18 heavy (non-hydrogen) atoms. The first kappa shape index (κ1) is 11.1. The lowest BCUT2D eigenvalue weighted by Gasteiger charge is -2.50. The van der Waals surface area contributed by atoms with Gasteiger partial charge in [0.1, 0.15) is 0 Å². The fourth-order valence-corrected chi connectivity index (χ4v) is 5.61. The Morgan fingerprint density at radius 2 is 2.17 bits per heavy atom. The summed E-state index contributed by atoms with van der Waals surface area (Å²) < 4.78 is 0.